The van der Waals surface area contributed by atoms with Gasteiger partial charge in [0.25, 0.3) is 11.2 Å². The molecule has 21 heavy (non-hydrogen) atoms. The first-order valence-corrected chi connectivity index (χ1v) is 6.19. The van der Waals surface area contributed by atoms with Gasteiger partial charge in [-0.1, -0.05) is 0 Å². The molecule has 1 N–H and O–H groups in total. The minimum atomic E-state index is -1.29. The number of non-ortho nitro benzene ring substituents is 1. The highest BCUT2D eigenvalue weighted by Crippen LogP contribution is 2.16. The minimum Gasteiger partial charge on any atom is -0.477 e. The van der Waals surface area contributed by atoms with Crippen molar-refractivity contribution in [3.05, 3.63) is 56.0 Å². The van der Waals surface area contributed by atoms with E-state index < -0.39 is 16.5 Å². The number of nitro groups is 1. The zero-order chi connectivity index (χ0) is 15.7. The first-order valence-electron chi connectivity index (χ1n) is 6.19. The van der Waals surface area contributed by atoms with Crippen LogP contribution in [0, 0.1) is 17.0 Å². The number of hydrogen-bond acceptors (Lipinski definition) is 4. The van der Waals surface area contributed by atoms with Crippen LogP contribution in [0.25, 0.3) is 5.69 Å². The number of rotatable bonds is 4. The summed E-state index contributed by atoms with van der Waals surface area (Å²) in [6, 6.07) is 5.36. The van der Waals surface area contributed by atoms with Crippen molar-refractivity contribution in [2.45, 2.75) is 20.4 Å². The lowest BCUT2D eigenvalue weighted by Gasteiger charge is -2.10. The lowest BCUT2D eigenvalue weighted by molar-refractivity contribution is -0.384. The fraction of sp³-hybridized carbons (Fsp3) is 0.231. The van der Waals surface area contributed by atoms with E-state index in [-0.39, 0.29) is 11.3 Å². The van der Waals surface area contributed by atoms with Gasteiger partial charge in [-0.25, -0.2) is 9.48 Å². The Morgan fingerprint density at radius 2 is 1.90 bits per heavy atom. The molecule has 0 unspecified atom stereocenters. The molecule has 0 saturated heterocycles. The molecule has 0 saturated carbocycles. The maximum Gasteiger partial charge on any atom is 0.343 e. The van der Waals surface area contributed by atoms with Gasteiger partial charge in [-0.2, -0.15) is 0 Å². The molecule has 0 aliphatic rings. The van der Waals surface area contributed by atoms with E-state index in [0.29, 0.717) is 17.9 Å². The van der Waals surface area contributed by atoms with E-state index in [2.05, 4.69) is 0 Å². The van der Waals surface area contributed by atoms with E-state index in [1.54, 1.807) is 13.8 Å². The van der Waals surface area contributed by atoms with Gasteiger partial charge in [0.2, 0.25) is 0 Å². The highest BCUT2D eigenvalue weighted by atomic mass is 16.6. The van der Waals surface area contributed by atoms with Crippen molar-refractivity contribution < 1.29 is 14.8 Å². The molecule has 0 radical (unpaired) electrons. The highest BCUT2D eigenvalue weighted by molar-refractivity contribution is 5.88. The summed E-state index contributed by atoms with van der Waals surface area (Å²) >= 11 is 0. The molecule has 8 heteroatoms. The van der Waals surface area contributed by atoms with Crippen LogP contribution in [-0.2, 0) is 6.54 Å². The molecule has 1 aromatic heterocycles. The predicted molar refractivity (Wildman–Crippen MR) is 74.1 cm³/mol. The van der Waals surface area contributed by atoms with E-state index in [1.165, 1.54) is 33.6 Å². The fourth-order valence-electron chi connectivity index (χ4n) is 2.25. The van der Waals surface area contributed by atoms with Gasteiger partial charge in [-0.15, -0.1) is 0 Å². The summed E-state index contributed by atoms with van der Waals surface area (Å²) in [4.78, 5) is 33.5. The van der Waals surface area contributed by atoms with Crippen LogP contribution >= 0.6 is 0 Å². The summed E-state index contributed by atoms with van der Waals surface area (Å²) in [6.07, 6.45) is 0. The fourth-order valence-corrected chi connectivity index (χ4v) is 2.25. The molecule has 0 spiro atoms. The first kappa shape index (κ1) is 14.5. The van der Waals surface area contributed by atoms with Crippen molar-refractivity contribution >= 4 is 11.7 Å². The number of hydrogen-bond donors (Lipinski definition) is 1. The van der Waals surface area contributed by atoms with Crippen molar-refractivity contribution in [1.29, 1.82) is 0 Å². The Labute approximate surface area is 119 Å². The van der Waals surface area contributed by atoms with Gasteiger partial charge in [-0.3, -0.25) is 19.6 Å². The van der Waals surface area contributed by atoms with E-state index in [1.807, 2.05) is 0 Å². The van der Waals surface area contributed by atoms with Crippen molar-refractivity contribution in [1.82, 2.24) is 9.36 Å². The van der Waals surface area contributed by atoms with E-state index in [9.17, 15) is 19.7 Å². The summed E-state index contributed by atoms with van der Waals surface area (Å²) < 4.78 is 2.73. The maximum atomic E-state index is 12.3. The van der Waals surface area contributed by atoms with Gasteiger partial charge in [0, 0.05) is 18.7 Å². The lowest BCUT2D eigenvalue weighted by atomic mass is 10.2. The second kappa shape index (κ2) is 5.23. The summed E-state index contributed by atoms with van der Waals surface area (Å²) in [5.41, 5.74) is -0.334. The second-order valence-corrected chi connectivity index (χ2v) is 4.37. The predicted octanol–water partition coefficient (Wildman–Crippen LogP) is 1.57. The normalized spacial score (nSPS) is 10.6. The highest BCUT2D eigenvalue weighted by Gasteiger charge is 2.22. The van der Waals surface area contributed by atoms with Crippen molar-refractivity contribution in [2.75, 3.05) is 0 Å². The zero-order valence-electron chi connectivity index (χ0n) is 11.4. The Bertz CT molecular complexity index is 770. The standard InChI is InChI=1S/C13H13N3O5/c1-3-14-8(2)11(13(18)19)12(17)15(14)9-4-6-10(7-5-9)16(20)21/h4-7H,3H2,1-2H3,(H,18,19). The Balaban J connectivity index is 2.69. The molecule has 1 aromatic carbocycles. The van der Waals surface area contributed by atoms with Gasteiger partial charge >= 0.3 is 5.97 Å². The van der Waals surface area contributed by atoms with E-state index in [4.69, 9.17) is 5.11 Å². The van der Waals surface area contributed by atoms with Crippen LogP contribution in [-0.4, -0.2) is 25.4 Å². The number of aromatic carboxylic acids is 1. The molecule has 0 aliphatic heterocycles. The molecular formula is C13H13N3O5. The largest absolute Gasteiger partial charge is 0.477 e. The third-order valence-electron chi connectivity index (χ3n) is 3.22. The first-order chi connectivity index (χ1) is 9.88. The van der Waals surface area contributed by atoms with Crippen LogP contribution in [0.1, 0.15) is 23.0 Å². The molecule has 8 nitrogen and oxygen atoms in total. The number of carboxylic acids is 1. The number of aromatic nitrogens is 2. The van der Waals surface area contributed by atoms with Gasteiger partial charge in [0.05, 0.1) is 16.3 Å². The smallest absolute Gasteiger partial charge is 0.343 e. The van der Waals surface area contributed by atoms with Crippen LogP contribution in [0.15, 0.2) is 29.1 Å². The van der Waals surface area contributed by atoms with Gasteiger partial charge in [0.1, 0.15) is 5.56 Å². The Morgan fingerprint density at radius 1 is 1.33 bits per heavy atom. The zero-order valence-corrected chi connectivity index (χ0v) is 11.4. The summed E-state index contributed by atoms with van der Waals surface area (Å²) in [6.45, 7) is 3.72. The molecule has 1 heterocycles. The number of benzene rings is 1. The van der Waals surface area contributed by atoms with Crippen LogP contribution < -0.4 is 5.56 Å². The topological polar surface area (TPSA) is 107 Å². The molecule has 2 aromatic rings. The van der Waals surface area contributed by atoms with E-state index >= 15 is 0 Å². The third-order valence-corrected chi connectivity index (χ3v) is 3.22. The second-order valence-electron chi connectivity index (χ2n) is 4.37. The van der Waals surface area contributed by atoms with Crippen molar-refractivity contribution in [2.24, 2.45) is 0 Å². The molecule has 0 aliphatic carbocycles. The summed E-state index contributed by atoms with van der Waals surface area (Å²) in [5, 5.41) is 19.8. The monoisotopic (exact) mass is 291 g/mol. The molecule has 0 bridgehead atoms. The SMILES string of the molecule is CCn1c(C)c(C(=O)O)c(=O)n1-c1ccc([N+](=O)[O-])cc1. The lowest BCUT2D eigenvalue weighted by Crippen LogP contribution is -2.23. The molecule has 110 valence electrons. The van der Waals surface area contributed by atoms with Gasteiger partial charge in [-0.05, 0) is 26.0 Å². The molecule has 0 fully saturated rings. The quantitative estimate of drug-likeness (QED) is 0.679. The van der Waals surface area contributed by atoms with Crippen LogP contribution in [0.4, 0.5) is 5.69 Å². The number of carbonyl (C=O) groups is 1. The van der Waals surface area contributed by atoms with Crippen LogP contribution in [0.5, 0.6) is 0 Å². The molecule has 2 rings (SSSR count). The third kappa shape index (κ3) is 2.31. The molecule has 0 atom stereocenters. The Hall–Kier alpha value is -2.90. The number of nitrogens with zero attached hydrogens (tertiary/aromatic N) is 3. The minimum absolute atomic E-state index is 0.100. The number of carboxylic acid groups (broad SMARTS) is 1. The van der Waals surface area contributed by atoms with Gasteiger partial charge in [0.15, 0.2) is 0 Å². The molecular weight excluding hydrogens is 278 g/mol. The van der Waals surface area contributed by atoms with Crippen molar-refractivity contribution in [3.8, 4) is 5.69 Å². The summed E-state index contributed by atoms with van der Waals surface area (Å²) in [7, 11) is 0. The number of nitro benzene ring substituents is 1. The maximum absolute atomic E-state index is 12.3. The Kier molecular flexibility index (Phi) is 3.62. The van der Waals surface area contributed by atoms with Gasteiger partial charge < -0.3 is 5.11 Å². The summed E-state index contributed by atoms with van der Waals surface area (Å²) in [5.74, 6) is -1.29. The average Bonchev–Trinajstić information content (AvgIpc) is 2.69. The Morgan fingerprint density at radius 3 is 2.33 bits per heavy atom. The van der Waals surface area contributed by atoms with E-state index in [0.717, 1.165) is 0 Å². The average molecular weight is 291 g/mol. The molecule has 0 amide bonds. The van der Waals surface area contributed by atoms with Crippen molar-refractivity contribution in [3.63, 3.8) is 0 Å². The van der Waals surface area contributed by atoms with Crippen LogP contribution in [0.2, 0.25) is 0 Å². The van der Waals surface area contributed by atoms with Crippen LogP contribution in [0.3, 0.4) is 0 Å².